The highest BCUT2D eigenvalue weighted by molar-refractivity contribution is 7.92. The fourth-order valence-electron chi connectivity index (χ4n) is 2.96. The van der Waals surface area contributed by atoms with E-state index < -0.39 is 21.0 Å². The fourth-order valence-corrected chi connectivity index (χ4v) is 5.05. The Hall–Kier alpha value is -2.12. The molecule has 3 nitrogen and oxygen atoms in total. The summed E-state index contributed by atoms with van der Waals surface area (Å²) in [6, 6.07) is 18.5. The van der Waals surface area contributed by atoms with Gasteiger partial charge in [0.25, 0.3) is 0 Å². The Bertz CT molecular complexity index is 804. The standard InChI is InChI=1S/C18H17NO2S/c1-2-13-8-10-14(11-9-13)17-16(12-19)18(17)22(20,21)15-6-4-3-5-7-15/h3-11,16-18H,2H2,1H3/t16-,17+,18+/m0/s1. The molecule has 1 aliphatic rings. The van der Waals surface area contributed by atoms with Gasteiger partial charge >= 0.3 is 0 Å². The molecule has 3 atom stereocenters. The molecule has 0 unspecified atom stereocenters. The summed E-state index contributed by atoms with van der Waals surface area (Å²) in [4.78, 5) is 0.299. The van der Waals surface area contributed by atoms with Gasteiger partial charge in [0, 0.05) is 5.92 Å². The molecule has 1 fully saturated rings. The predicted molar refractivity (Wildman–Crippen MR) is 85.1 cm³/mol. The van der Waals surface area contributed by atoms with E-state index in [0.717, 1.165) is 12.0 Å². The molecule has 1 aliphatic carbocycles. The van der Waals surface area contributed by atoms with Gasteiger partial charge in [-0.2, -0.15) is 5.26 Å². The van der Waals surface area contributed by atoms with Crippen LogP contribution < -0.4 is 0 Å². The summed E-state index contributed by atoms with van der Waals surface area (Å²) in [6.45, 7) is 2.08. The smallest absolute Gasteiger partial charge is 0.183 e. The molecule has 0 bridgehead atoms. The van der Waals surface area contributed by atoms with Crippen molar-refractivity contribution < 1.29 is 8.42 Å². The molecule has 0 aromatic heterocycles. The summed E-state index contributed by atoms with van der Waals surface area (Å²) in [5.41, 5.74) is 2.15. The number of hydrogen-bond donors (Lipinski definition) is 0. The third kappa shape index (κ3) is 2.42. The molecule has 0 amide bonds. The van der Waals surface area contributed by atoms with Gasteiger partial charge in [-0.1, -0.05) is 49.4 Å². The van der Waals surface area contributed by atoms with Crippen molar-refractivity contribution in [3.63, 3.8) is 0 Å². The van der Waals surface area contributed by atoms with Gasteiger partial charge in [0.05, 0.1) is 22.1 Å². The molecule has 2 aromatic rings. The molecule has 0 saturated heterocycles. The molecular weight excluding hydrogens is 294 g/mol. The van der Waals surface area contributed by atoms with E-state index in [2.05, 4.69) is 13.0 Å². The minimum atomic E-state index is -3.46. The normalized spacial score (nSPS) is 23.7. The van der Waals surface area contributed by atoms with Crippen LogP contribution in [0.15, 0.2) is 59.5 Å². The van der Waals surface area contributed by atoms with Gasteiger partial charge in [-0.15, -0.1) is 0 Å². The van der Waals surface area contributed by atoms with Crippen LogP contribution in [0.5, 0.6) is 0 Å². The van der Waals surface area contributed by atoms with Crippen molar-refractivity contribution in [3.8, 4) is 6.07 Å². The maximum absolute atomic E-state index is 12.7. The van der Waals surface area contributed by atoms with Crippen LogP contribution in [0.2, 0.25) is 0 Å². The number of benzene rings is 2. The summed E-state index contributed by atoms with van der Waals surface area (Å²) < 4.78 is 25.4. The van der Waals surface area contributed by atoms with E-state index in [4.69, 9.17) is 0 Å². The predicted octanol–water partition coefficient (Wildman–Crippen LogP) is 3.33. The first-order chi connectivity index (χ1) is 10.6. The Labute approximate surface area is 131 Å². The van der Waals surface area contributed by atoms with Gasteiger partial charge in [-0.3, -0.25) is 0 Å². The molecule has 22 heavy (non-hydrogen) atoms. The van der Waals surface area contributed by atoms with Crippen LogP contribution in [0.3, 0.4) is 0 Å². The van der Waals surface area contributed by atoms with Gasteiger partial charge < -0.3 is 0 Å². The van der Waals surface area contributed by atoms with E-state index in [9.17, 15) is 13.7 Å². The van der Waals surface area contributed by atoms with E-state index in [0.29, 0.717) is 4.90 Å². The molecule has 112 valence electrons. The Balaban J connectivity index is 1.93. The van der Waals surface area contributed by atoms with Crippen molar-refractivity contribution in [2.24, 2.45) is 5.92 Å². The van der Waals surface area contributed by atoms with Crippen LogP contribution in [0.25, 0.3) is 0 Å². The van der Waals surface area contributed by atoms with E-state index in [1.54, 1.807) is 30.3 Å². The highest BCUT2D eigenvalue weighted by Crippen LogP contribution is 2.53. The van der Waals surface area contributed by atoms with E-state index in [1.807, 2.05) is 24.3 Å². The van der Waals surface area contributed by atoms with E-state index in [-0.39, 0.29) is 5.92 Å². The number of hydrogen-bond acceptors (Lipinski definition) is 3. The monoisotopic (exact) mass is 311 g/mol. The number of nitriles is 1. The largest absolute Gasteiger partial charge is 0.223 e. The van der Waals surface area contributed by atoms with E-state index >= 15 is 0 Å². The van der Waals surface area contributed by atoms with Crippen LogP contribution in [0.4, 0.5) is 0 Å². The lowest BCUT2D eigenvalue weighted by Gasteiger charge is -2.04. The summed E-state index contributed by atoms with van der Waals surface area (Å²) in [5.74, 6) is -0.682. The summed E-state index contributed by atoms with van der Waals surface area (Å²) in [7, 11) is -3.46. The summed E-state index contributed by atoms with van der Waals surface area (Å²) >= 11 is 0. The second-order valence-electron chi connectivity index (χ2n) is 5.60. The Morgan fingerprint density at radius 3 is 2.23 bits per heavy atom. The molecule has 0 heterocycles. The third-order valence-corrected chi connectivity index (χ3v) is 6.54. The SMILES string of the molecule is CCc1ccc([C@@H]2[C@H](C#N)[C@H]2S(=O)(=O)c2ccccc2)cc1. The molecule has 0 radical (unpaired) electrons. The van der Waals surface area contributed by atoms with Gasteiger partial charge in [-0.25, -0.2) is 8.42 Å². The molecular formula is C18H17NO2S. The zero-order chi connectivity index (χ0) is 15.7. The Kier molecular flexibility index (Phi) is 3.76. The van der Waals surface area contributed by atoms with Crippen LogP contribution >= 0.6 is 0 Å². The first-order valence-electron chi connectivity index (χ1n) is 7.37. The number of nitrogens with zero attached hydrogens (tertiary/aromatic N) is 1. The molecule has 0 N–H and O–H groups in total. The maximum Gasteiger partial charge on any atom is 0.183 e. The number of sulfone groups is 1. The first-order valence-corrected chi connectivity index (χ1v) is 8.91. The third-order valence-electron chi connectivity index (χ3n) is 4.31. The first kappa shape index (κ1) is 14.8. The van der Waals surface area contributed by atoms with Gasteiger partial charge in [0.2, 0.25) is 0 Å². The van der Waals surface area contributed by atoms with Crippen molar-refractivity contribution in [1.82, 2.24) is 0 Å². The van der Waals surface area contributed by atoms with Crippen LogP contribution in [0.1, 0.15) is 24.0 Å². The minimum Gasteiger partial charge on any atom is -0.223 e. The quantitative estimate of drug-likeness (QED) is 0.870. The minimum absolute atomic E-state index is 0.221. The van der Waals surface area contributed by atoms with Crippen molar-refractivity contribution in [3.05, 3.63) is 65.7 Å². The molecule has 0 aliphatic heterocycles. The maximum atomic E-state index is 12.7. The average Bonchev–Trinajstić information content (AvgIpc) is 3.31. The second-order valence-corrected chi connectivity index (χ2v) is 7.70. The van der Waals surface area contributed by atoms with E-state index in [1.165, 1.54) is 5.56 Å². The molecule has 1 saturated carbocycles. The Morgan fingerprint density at radius 2 is 1.68 bits per heavy atom. The Morgan fingerprint density at radius 1 is 1.05 bits per heavy atom. The molecule has 2 aromatic carbocycles. The lowest BCUT2D eigenvalue weighted by atomic mass is 10.1. The van der Waals surface area contributed by atoms with Crippen molar-refractivity contribution >= 4 is 9.84 Å². The van der Waals surface area contributed by atoms with Crippen molar-refractivity contribution in [2.75, 3.05) is 0 Å². The zero-order valence-corrected chi connectivity index (χ0v) is 13.1. The number of aryl methyl sites for hydroxylation is 1. The highest BCUT2D eigenvalue weighted by Gasteiger charge is 2.59. The summed E-state index contributed by atoms with van der Waals surface area (Å²) in [6.07, 6.45) is 0.943. The van der Waals surface area contributed by atoms with Crippen LogP contribution in [0, 0.1) is 17.2 Å². The average molecular weight is 311 g/mol. The second kappa shape index (κ2) is 5.58. The van der Waals surface area contributed by atoms with Gasteiger partial charge in [0.1, 0.15) is 0 Å². The van der Waals surface area contributed by atoms with Crippen LogP contribution in [-0.2, 0) is 16.3 Å². The molecule has 4 heteroatoms. The summed E-state index contributed by atoms with van der Waals surface area (Å²) in [5, 5.41) is 8.67. The molecule has 0 spiro atoms. The fraction of sp³-hybridized carbons (Fsp3) is 0.278. The number of rotatable bonds is 4. The molecule has 3 rings (SSSR count). The lowest BCUT2D eigenvalue weighted by Crippen LogP contribution is -2.10. The highest BCUT2D eigenvalue weighted by atomic mass is 32.2. The van der Waals surface area contributed by atoms with Crippen LogP contribution in [-0.4, -0.2) is 13.7 Å². The van der Waals surface area contributed by atoms with Crippen molar-refractivity contribution in [1.29, 1.82) is 5.26 Å². The van der Waals surface area contributed by atoms with Gasteiger partial charge in [-0.05, 0) is 29.7 Å². The van der Waals surface area contributed by atoms with Crippen molar-refractivity contribution in [2.45, 2.75) is 29.4 Å². The van der Waals surface area contributed by atoms with Gasteiger partial charge in [0.15, 0.2) is 9.84 Å². The lowest BCUT2D eigenvalue weighted by molar-refractivity contribution is 0.593. The topological polar surface area (TPSA) is 57.9 Å². The zero-order valence-electron chi connectivity index (χ0n) is 12.3.